The van der Waals surface area contributed by atoms with Gasteiger partial charge in [-0.3, -0.25) is 15.2 Å². The summed E-state index contributed by atoms with van der Waals surface area (Å²) < 4.78 is 67.6. The minimum absolute atomic E-state index is 0.0322. The maximum atomic E-state index is 14.5. The fraction of sp³-hybridized carbons (Fsp3) is 0.400. The van der Waals surface area contributed by atoms with Gasteiger partial charge in [-0.1, -0.05) is 37.2 Å². The van der Waals surface area contributed by atoms with Gasteiger partial charge in [0.25, 0.3) is 11.8 Å². The van der Waals surface area contributed by atoms with Gasteiger partial charge in [-0.25, -0.2) is 8.78 Å². The Kier molecular flexibility index (Phi) is 10.0. The number of likely N-dealkylation sites (tertiary alicyclic amines) is 1. The first kappa shape index (κ1) is 30.0. The summed E-state index contributed by atoms with van der Waals surface area (Å²) in [6.45, 7) is 5.19. The van der Waals surface area contributed by atoms with Crippen LogP contribution in [-0.2, 0) is 4.79 Å². The zero-order valence-electron chi connectivity index (χ0n) is 20.6. The molecule has 1 aliphatic rings. The van der Waals surface area contributed by atoms with Gasteiger partial charge >= 0.3 is 6.18 Å². The van der Waals surface area contributed by atoms with Crippen LogP contribution in [-0.4, -0.2) is 60.5 Å². The number of nitrogens with zero attached hydrogens (tertiary/aromatic N) is 2. The number of allylic oxidation sites excluding steroid dienone is 2. The van der Waals surface area contributed by atoms with E-state index in [4.69, 9.17) is 17.0 Å². The van der Waals surface area contributed by atoms with Crippen molar-refractivity contribution >= 4 is 34.5 Å². The summed E-state index contributed by atoms with van der Waals surface area (Å²) in [5.41, 5.74) is -0.776. The number of carbonyl (C=O) groups is 1. The third-order valence-corrected chi connectivity index (χ3v) is 5.99. The van der Waals surface area contributed by atoms with Gasteiger partial charge in [0.1, 0.15) is 11.4 Å². The lowest BCUT2D eigenvalue weighted by Gasteiger charge is -2.43. The molecular formula is C25H29ClF5N5O. The molecule has 1 amide bonds. The number of nitrogens with one attached hydrogen (secondary N) is 3. The molecule has 1 saturated heterocycles. The molecule has 0 bridgehead atoms. The van der Waals surface area contributed by atoms with E-state index in [1.807, 2.05) is 0 Å². The number of carbonyl (C=O) groups excluding carboxylic acids is 1. The zero-order valence-corrected chi connectivity index (χ0v) is 21.4. The Hall–Kier alpha value is -3.21. The molecule has 1 aromatic rings. The van der Waals surface area contributed by atoms with Crippen molar-refractivity contribution in [1.29, 1.82) is 5.41 Å². The first-order chi connectivity index (χ1) is 17.2. The quantitative estimate of drug-likeness (QED) is 0.286. The van der Waals surface area contributed by atoms with E-state index >= 15 is 0 Å². The lowest BCUT2D eigenvalue weighted by atomic mass is 9.87. The Balaban J connectivity index is 2.31. The highest BCUT2D eigenvalue weighted by Gasteiger charge is 2.46. The highest BCUT2D eigenvalue weighted by Crippen LogP contribution is 2.35. The van der Waals surface area contributed by atoms with E-state index in [0.29, 0.717) is 16.7 Å². The average Bonchev–Trinajstić information content (AvgIpc) is 2.80. The van der Waals surface area contributed by atoms with Gasteiger partial charge < -0.3 is 15.5 Å². The molecule has 1 aliphatic heterocycles. The zero-order chi connectivity index (χ0) is 28.0. The lowest BCUT2D eigenvalue weighted by Crippen LogP contribution is -2.59. The van der Waals surface area contributed by atoms with E-state index in [-0.39, 0.29) is 17.8 Å². The van der Waals surface area contributed by atoms with Gasteiger partial charge in [0.05, 0.1) is 12.6 Å². The van der Waals surface area contributed by atoms with Crippen molar-refractivity contribution in [1.82, 2.24) is 15.5 Å². The number of amides is 1. The van der Waals surface area contributed by atoms with Gasteiger partial charge in [0.15, 0.2) is 0 Å². The summed E-state index contributed by atoms with van der Waals surface area (Å²) in [6, 6.07) is 5.61. The predicted molar refractivity (Wildman–Crippen MR) is 136 cm³/mol. The highest BCUT2D eigenvalue weighted by atomic mass is 35.5. The van der Waals surface area contributed by atoms with Crippen LogP contribution in [0.2, 0.25) is 5.02 Å². The molecule has 1 fully saturated rings. The molecule has 0 spiro atoms. The van der Waals surface area contributed by atoms with E-state index in [9.17, 15) is 26.7 Å². The summed E-state index contributed by atoms with van der Waals surface area (Å²) in [6.07, 6.45) is -2.20. The molecular weight excluding hydrogens is 517 g/mol. The molecule has 0 aromatic heterocycles. The highest BCUT2D eigenvalue weighted by molar-refractivity contribution is 6.54. The Morgan fingerprint density at radius 1 is 1.32 bits per heavy atom. The van der Waals surface area contributed by atoms with Gasteiger partial charge in [0.2, 0.25) is 0 Å². The minimum atomic E-state index is -4.67. The molecule has 0 radical (unpaired) electrons. The largest absolute Gasteiger partial charge is 0.433 e. The van der Waals surface area contributed by atoms with Crippen LogP contribution in [0.25, 0.3) is 5.57 Å². The normalized spacial score (nSPS) is 20.9. The van der Waals surface area contributed by atoms with Crippen LogP contribution in [0.1, 0.15) is 25.8 Å². The van der Waals surface area contributed by atoms with Crippen LogP contribution in [0.4, 0.5) is 22.0 Å². The molecule has 6 nitrogen and oxygen atoms in total. The van der Waals surface area contributed by atoms with Crippen molar-refractivity contribution in [2.45, 2.75) is 38.4 Å². The fourth-order valence-corrected chi connectivity index (χ4v) is 4.06. The van der Waals surface area contributed by atoms with Gasteiger partial charge in [-0.2, -0.15) is 13.2 Å². The van der Waals surface area contributed by atoms with Crippen molar-refractivity contribution in [2.75, 3.05) is 20.1 Å². The number of hydrogen-bond donors (Lipinski definition) is 3. The maximum Gasteiger partial charge on any atom is 0.433 e. The third-order valence-electron chi connectivity index (χ3n) is 5.74. The number of alkyl halides is 5. The third kappa shape index (κ3) is 8.14. The Bertz CT molecular complexity index is 1100. The molecule has 202 valence electrons. The standard InChI is InChI=1S/C25H29ClF5N5O/c1-5-21(25(29,30)31)35-11-16(3)34-13-20-15(2)10-24(27,28)14-36(20)23(37)22(32)19(12-33-4)17-6-8-18(26)9-7-17/h5-9,11-12,15,20,32-34H,1,10,13-14H2,2-4H3/b16-11+,19-12-,32-22?,35-21+/t15-,20?/m1/s1. The average molecular weight is 546 g/mol. The summed E-state index contributed by atoms with van der Waals surface area (Å²) >= 11 is 5.93. The molecule has 0 aliphatic carbocycles. The monoisotopic (exact) mass is 545 g/mol. The van der Waals surface area contributed by atoms with Crippen molar-refractivity contribution < 1.29 is 26.7 Å². The van der Waals surface area contributed by atoms with Crippen molar-refractivity contribution in [3.63, 3.8) is 0 Å². The summed E-state index contributed by atoms with van der Waals surface area (Å²) in [5, 5.41) is 14.6. The van der Waals surface area contributed by atoms with E-state index in [1.165, 1.54) is 13.1 Å². The molecule has 1 unspecified atom stereocenters. The number of rotatable bonds is 9. The molecule has 2 atom stereocenters. The Morgan fingerprint density at radius 3 is 2.49 bits per heavy atom. The van der Waals surface area contributed by atoms with Crippen LogP contribution < -0.4 is 10.6 Å². The molecule has 1 aromatic carbocycles. The number of hydrogen-bond acceptors (Lipinski definition) is 5. The van der Waals surface area contributed by atoms with Crippen LogP contribution in [0.3, 0.4) is 0 Å². The Morgan fingerprint density at radius 2 is 1.95 bits per heavy atom. The van der Waals surface area contributed by atoms with E-state index < -0.39 is 54.4 Å². The minimum Gasteiger partial charge on any atom is -0.393 e. The van der Waals surface area contributed by atoms with E-state index in [1.54, 1.807) is 38.2 Å². The molecule has 3 N–H and O–H groups in total. The molecule has 2 rings (SSSR count). The van der Waals surface area contributed by atoms with Gasteiger partial charge in [0, 0.05) is 48.7 Å². The van der Waals surface area contributed by atoms with Crippen molar-refractivity contribution in [2.24, 2.45) is 10.9 Å². The van der Waals surface area contributed by atoms with Gasteiger partial charge in [-0.15, -0.1) is 0 Å². The van der Waals surface area contributed by atoms with Crippen LogP contribution in [0.5, 0.6) is 0 Å². The summed E-state index contributed by atoms with van der Waals surface area (Å²) in [4.78, 5) is 17.7. The molecule has 12 heteroatoms. The number of halogens is 6. The number of benzene rings is 1. The maximum absolute atomic E-state index is 14.5. The van der Waals surface area contributed by atoms with E-state index in [0.717, 1.165) is 11.1 Å². The number of aliphatic imine (C=N–C) groups is 1. The number of piperidine rings is 1. The second kappa shape index (κ2) is 12.4. The Labute approximate surface area is 217 Å². The molecule has 0 saturated carbocycles. The smallest absolute Gasteiger partial charge is 0.393 e. The first-order valence-corrected chi connectivity index (χ1v) is 11.7. The van der Waals surface area contributed by atoms with Gasteiger partial charge in [-0.05, 0) is 36.6 Å². The SMILES string of the molecule is C=C/C(=N\C=C(/C)NCC1[C@H](C)CC(F)(F)CN1C(=O)C(=N)/C(=C\NC)c1ccc(Cl)cc1)C(F)(F)F. The molecule has 1 heterocycles. The second-order valence-electron chi connectivity index (χ2n) is 8.68. The molecule has 37 heavy (non-hydrogen) atoms. The van der Waals surface area contributed by atoms with Crippen molar-refractivity contribution in [3.8, 4) is 0 Å². The van der Waals surface area contributed by atoms with Crippen molar-refractivity contribution in [3.05, 3.63) is 65.6 Å². The van der Waals surface area contributed by atoms with Crippen LogP contribution in [0.15, 0.2) is 60.0 Å². The predicted octanol–water partition coefficient (Wildman–Crippen LogP) is 5.43. The fourth-order valence-electron chi connectivity index (χ4n) is 3.93. The second-order valence-corrected chi connectivity index (χ2v) is 9.11. The van der Waals surface area contributed by atoms with E-state index in [2.05, 4.69) is 22.2 Å². The summed E-state index contributed by atoms with van der Waals surface area (Å²) in [5.74, 6) is -4.74. The topological polar surface area (TPSA) is 80.6 Å². The lowest BCUT2D eigenvalue weighted by molar-refractivity contribution is -0.145. The van der Waals surface area contributed by atoms with Crippen LogP contribution >= 0.6 is 11.6 Å². The summed E-state index contributed by atoms with van der Waals surface area (Å²) in [7, 11) is 1.58. The van der Waals surface area contributed by atoms with Crippen LogP contribution in [0, 0.1) is 11.3 Å². The first-order valence-electron chi connectivity index (χ1n) is 11.3.